The summed E-state index contributed by atoms with van der Waals surface area (Å²) in [6.07, 6.45) is 1.34. The van der Waals surface area contributed by atoms with Gasteiger partial charge in [-0.25, -0.2) is 0 Å². The van der Waals surface area contributed by atoms with Gasteiger partial charge in [0.05, 0.1) is 4.92 Å². The number of nitriles is 1. The van der Waals surface area contributed by atoms with Crippen LogP contribution >= 0.6 is 11.3 Å². The molecular weight excluding hydrogens is 314 g/mol. The standard InChI is InChI=1S/C16H13N3O3S/c1-10-4-3-5-11(2)15(10)18-16(20)13(8-17)6-12-7-14(19(21)22)23-9-12/h3-7,9H,1-2H3,(H,18,20)/b13-6+. The van der Waals surface area contributed by atoms with Gasteiger partial charge >= 0.3 is 5.00 Å². The predicted molar refractivity (Wildman–Crippen MR) is 89.1 cm³/mol. The minimum Gasteiger partial charge on any atom is -0.321 e. The van der Waals surface area contributed by atoms with E-state index in [4.69, 9.17) is 0 Å². The van der Waals surface area contributed by atoms with Crippen LogP contribution in [0.25, 0.3) is 6.08 Å². The Kier molecular flexibility index (Phi) is 4.88. The number of benzene rings is 1. The highest BCUT2D eigenvalue weighted by Gasteiger charge is 2.14. The van der Waals surface area contributed by atoms with Crippen molar-refractivity contribution in [2.24, 2.45) is 0 Å². The van der Waals surface area contributed by atoms with Gasteiger partial charge in [0, 0.05) is 17.1 Å². The summed E-state index contributed by atoms with van der Waals surface area (Å²) in [7, 11) is 0. The molecule has 7 heteroatoms. The lowest BCUT2D eigenvalue weighted by molar-refractivity contribution is -0.380. The SMILES string of the molecule is Cc1cccc(C)c1NC(=O)/C(C#N)=C/c1csc([N+](=O)[O-])c1. The number of rotatable bonds is 4. The van der Waals surface area contributed by atoms with Crippen molar-refractivity contribution < 1.29 is 9.72 Å². The Morgan fingerprint density at radius 3 is 2.57 bits per heavy atom. The van der Waals surface area contributed by atoms with Crippen molar-refractivity contribution in [1.82, 2.24) is 0 Å². The third-order valence-electron chi connectivity index (χ3n) is 3.18. The van der Waals surface area contributed by atoms with Crippen LogP contribution in [-0.2, 0) is 4.79 Å². The van der Waals surface area contributed by atoms with Gasteiger partial charge in [-0.3, -0.25) is 14.9 Å². The van der Waals surface area contributed by atoms with Crippen molar-refractivity contribution in [3.8, 4) is 6.07 Å². The zero-order valence-electron chi connectivity index (χ0n) is 12.5. The molecular formula is C16H13N3O3S. The summed E-state index contributed by atoms with van der Waals surface area (Å²) in [5, 5.41) is 24.1. The van der Waals surface area contributed by atoms with Crippen LogP contribution < -0.4 is 5.32 Å². The highest BCUT2D eigenvalue weighted by molar-refractivity contribution is 7.13. The molecule has 23 heavy (non-hydrogen) atoms. The number of aryl methyl sites for hydroxylation is 2. The molecule has 0 bridgehead atoms. The van der Waals surface area contributed by atoms with E-state index in [0.717, 1.165) is 22.5 Å². The number of para-hydroxylation sites is 1. The highest BCUT2D eigenvalue weighted by atomic mass is 32.1. The molecule has 1 amide bonds. The lowest BCUT2D eigenvalue weighted by Gasteiger charge is -2.10. The number of carbonyl (C=O) groups excluding carboxylic acids is 1. The molecule has 0 aliphatic carbocycles. The van der Waals surface area contributed by atoms with Crippen LogP contribution in [0.4, 0.5) is 10.7 Å². The fourth-order valence-electron chi connectivity index (χ4n) is 2.02. The minimum atomic E-state index is -0.543. The van der Waals surface area contributed by atoms with E-state index in [1.54, 1.807) is 0 Å². The molecule has 2 rings (SSSR count). The summed E-state index contributed by atoms with van der Waals surface area (Å²) in [4.78, 5) is 22.4. The molecule has 6 nitrogen and oxygen atoms in total. The number of thiophene rings is 1. The molecule has 0 unspecified atom stereocenters. The maximum atomic E-state index is 12.3. The fourth-order valence-corrected chi connectivity index (χ4v) is 2.70. The first kappa shape index (κ1) is 16.4. The quantitative estimate of drug-likeness (QED) is 0.399. The lowest BCUT2D eigenvalue weighted by atomic mass is 10.1. The Hall–Kier alpha value is -2.98. The van der Waals surface area contributed by atoms with E-state index in [1.807, 2.05) is 38.1 Å². The van der Waals surface area contributed by atoms with E-state index in [0.29, 0.717) is 11.3 Å². The van der Waals surface area contributed by atoms with Crippen molar-refractivity contribution >= 4 is 34.0 Å². The number of nitro groups is 1. The molecule has 0 saturated heterocycles. The van der Waals surface area contributed by atoms with E-state index < -0.39 is 10.8 Å². The molecule has 0 fully saturated rings. The van der Waals surface area contributed by atoms with E-state index in [9.17, 15) is 20.2 Å². The first-order valence-corrected chi connectivity index (χ1v) is 7.52. The number of carbonyl (C=O) groups is 1. The summed E-state index contributed by atoms with van der Waals surface area (Å²) in [5.74, 6) is -0.543. The van der Waals surface area contributed by atoms with Gasteiger partial charge in [0.1, 0.15) is 11.6 Å². The van der Waals surface area contributed by atoms with Gasteiger partial charge < -0.3 is 5.32 Å². The molecule has 0 spiro atoms. The van der Waals surface area contributed by atoms with E-state index in [2.05, 4.69) is 5.32 Å². The Balaban J connectivity index is 2.26. The van der Waals surface area contributed by atoms with E-state index in [1.165, 1.54) is 17.5 Å². The van der Waals surface area contributed by atoms with Crippen molar-refractivity contribution in [3.05, 3.63) is 62.0 Å². The topological polar surface area (TPSA) is 96.0 Å². The van der Waals surface area contributed by atoms with Gasteiger partial charge in [0.25, 0.3) is 5.91 Å². The van der Waals surface area contributed by atoms with Gasteiger partial charge in [0.15, 0.2) is 0 Å². The fraction of sp³-hybridized carbons (Fsp3) is 0.125. The van der Waals surface area contributed by atoms with Gasteiger partial charge in [-0.1, -0.05) is 29.5 Å². The monoisotopic (exact) mass is 327 g/mol. The minimum absolute atomic E-state index is 0.0382. The molecule has 1 aromatic heterocycles. The van der Waals surface area contributed by atoms with Crippen molar-refractivity contribution in [2.45, 2.75) is 13.8 Å². The molecule has 0 aliphatic heterocycles. The van der Waals surface area contributed by atoms with Crippen LogP contribution in [0.2, 0.25) is 0 Å². The van der Waals surface area contributed by atoms with Gasteiger partial charge in [-0.05, 0) is 36.6 Å². The first-order chi connectivity index (χ1) is 10.9. The number of hydrogen-bond acceptors (Lipinski definition) is 5. The Morgan fingerprint density at radius 2 is 2.04 bits per heavy atom. The average molecular weight is 327 g/mol. The molecule has 0 aliphatic rings. The lowest BCUT2D eigenvalue weighted by Crippen LogP contribution is -2.15. The molecule has 0 radical (unpaired) electrons. The van der Waals surface area contributed by atoms with Gasteiger partial charge in [-0.15, -0.1) is 0 Å². The van der Waals surface area contributed by atoms with Gasteiger partial charge in [-0.2, -0.15) is 5.26 Å². The zero-order valence-corrected chi connectivity index (χ0v) is 13.3. The Bertz CT molecular complexity index is 826. The maximum Gasteiger partial charge on any atom is 0.324 e. The summed E-state index contributed by atoms with van der Waals surface area (Å²) in [6, 6.07) is 8.76. The maximum absolute atomic E-state index is 12.3. The molecule has 116 valence electrons. The largest absolute Gasteiger partial charge is 0.324 e. The first-order valence-electron chi connectivity index (χ1n) is 6.64. The molecule has 1 aromatic carbocycles. The number of hydrogen-bond donors (Lipinski definition) is 1. The third-order valence-corrected chi connectivity index (χ3v) is 4.08. The van der Waals surface area contributed by atoms with Crippen molar-refractivity contribution in [3.63, 3.8) is 0 Å². The number of nitrogens with zero attached hydrogens (tertiary/aromatic N) is 2. The zero-order chi connectivity index (χ0) is 17.0. The summed E-state index contributed by atoms with van der Waals surface area (Å²) in [6.45, 7) is 3.72. The smallest absolute Gasteiger partial charge is 0.321 e. The number of nitrogens with one attached hydrogen (secondary N) is 1. The molecule has 0 atom stereocenters. The van der Waals surface area contributed by atoms with Crippen LogP contribution in [0.15, 0.2) is 35.2 Å². The number of amides is 1. The van der Waals surface area contributed by atoms with Gasteiger partial charge in [0.2, 0.25) is 0 Å². The Labute approximate surface area is 136 Å². The normalized spacial score (nSPS) is 10.9. The predicted octanol–water partition coefficient (Wildman–Crippen LogP) is 3.82. The summed E-state index contributed by atoms with van der Waals surface area (Å²) >= 11 is 0.946. The van der Waals surface area contributed by atoms with Crippen molar-refractivity contribution in [1.29, 1.82) is 5.26 Å². The third kappa shape index (κ3) is 3.81. The summed E-state index contributed by atoms with van der Waals surface area (Å²) < 4.78 is 0. The highest BCUT2D eigenvalue weighted by Crippen LogP contribution is 2.25. The van der Waals surface area contributed by atoms with E-state index >= 15 is 0 Å². The average Bonchev–Trinajstić information content (AvgIpc) is 2.97. The molecule has 0 saturated carbocycles. The number of anilines is 1. The van der Waals surface area contributed by atoms with Crippen LogP contribution in [0.5, 0.6) is 0 Å². The second-order valence-electron chi connectivity index (χ2n) is 4.87. The second kappa shape index (κ2) is 6.85. The van der Waals surface area contributed by atoms with Crippen LogP contribution in [0.1, 0.15) is 16.7 Å². The van der Waals surface area contributed by atoms with Crippen molar-refractivity contribution in [2.75, 3.05) is 5.32 Å². The Morgan fingerprint density at radius 1 is 1.39 bits per heavy atom. The van der Waals surface area contributed by atoms with Crippen LogP contribution in [-0.4, -0.2) is 10.8 Å². The molecule has 1 N–H and O–H groups in total. The molecule has 1 heterocycles. The van der Waals surface area contributed by atoms with E-state index in [-0.39, 0.29) is 10.6 Å². The van der Waals surface area contributed by atoms with Crippen LogP contribution in [0.3, 0.4) is 0 Å². The van der Waals surface area contributed by atoms with Crippen LogP contribution in [0, 0.1) is 35.3 Å². The second-order valence-corrected chi connectivity index (χ2v) is 5.76. The summed E-state index contributed by atoms with van der Waals surface area (Å²) in [5.41, 5.74) is 2.79. The molecule has 2 aromatic rings.